The summed E-state index contributed by atoms with van der Waals surface area (Å²) < 4.78 is 1.40. The van der Waals surface area contributed by atoms with Gasteiger partial charge in [0, 0.05) is 41.6 Å². The maximum absolute atomic E-state index is 2.51. The number of thiophene rings is 1. The van der Waals surface area contributed by atoms with E-state index in [4.69, 9.17) is 0 Å². The van der Waals surface area contributed by atoms with Crippen molar-refractivity contribution in [3.8, 4) is 0 Å². The average Bonchev–Trinajstić information content (AvgIpc) is 2.74. The van der Waals surface area contributed by atoms with E-state index in [1.807, 2.05) is 11.3 Å². The molecule has 0 spiro atoms. The molecule has 0 radical (unpaired) electrons. The first kappa shape index (κ1) is 10.1. The second-order valence-electron chi connectivity index (χ2n) is 4.41. The Labute approximate surface area is 100 Å². The van der Waals surface area contributed by atoms with Crippen LogP contribution in [0.5, 0.6) is 0 Å². The number of rotatable bonds is 1. The van der Waals surface area contributed by atoms with Crippen LogP contribution in [-0.4, -0.2) is 38.1 Å². The molecule has 0 aliphatic carbocycles. The summed E-state index contributed by atoms with van der Waals surface area (Å²) in [7, 11) is 2.20. The van der Waals surface area contributed by atoms with Gasteiger partial charge in [0.1, 0.15) is 0 Å². The van der Waals surface area contributed by atoms with Crippen LogP contribution in [0.25, 0.3) is 10.1 Å². The Hall–Kier alpha value is -1.06. The minimum absolute atomic E-state index is 1.15. The molecule has 2 aromatic rings. The van der Waals surface area contributed by atoms with Gasteiger partial charge in [-0.3, -0.25) is 0 Å². The molecule has 16 heavy (non-hydrogen) atoms. The highest BCUT2D eigenvalue weighted by atomic mass is 32.1. The molecule has 1 aliphatic heterocycles. The molecule has 1 aromatic carbocycles. The summed E-state index contributed by atoms with van der Waals surface area (Å²) >= 11 is 1.85. The van der Waals surface area contributed by atoms with Gasteiger partial charge >= 0.3 is 0 Å². The van der Waals surface area contributed by atoms with Gasteiger partial charge in [-0.1, -0.05) is 18.2 Å². The highest BCUT2D eigenvalue weighted by molar-refractivity contribution is 7.17. The van der Waals surface area contributed by atoms with Gasteiger partial charge < -0.3 is 9.80 Å². The molecule has 0 atom stereocenters. The summed E-state index contributed by atoms with van der Waals surface area (Å²) in [5.74, 6) is 0. The largest absolute Gasteiger partial charge is 0.368 e. The normalized spacial score (nSPS) is 18.2. The molecule has 1 aliphatic rings. The predicted molar refractivity (Wildman–Crippen MR) is 71.5 cm³/mol. The van der Waals surface area contributed by atoms with Gasteiger partial charge in [-0.2, -0.15) is 0 Å². The predicted octanol–water partition coefficient (Wildman–Crippen LogP) is 2.65. The van der Waals surface area contributed by atoms with Gasteiger partial charge in [0.2, 0.25) is 0 Å². The maximum atomic E-state index is 2.51. The first-order valence-electron chi connectivity index (χ1n) is 5.74. The molecule has 2 heterocycles. The summed E-state index contributed by atoms with van der Waals surface area (Å²) in [4.78, 5) is 4.91. The molecule has 3 rings (SSSR count). The molecule has 1 saturated heterocycles. The zero-order chi connectivity index (χ0) is 11.0. The molecular formula is C13H16N2S. The number of likely N-dealkylation sites (N-methyl/N-ethyl adjacent to an activating group) is 1. The van der Waals surface area contributed by atoms with Crippen molar-refractivity contribution in [1.82, 2.24) is 4.90 Å². The molecule has 1 fully saturated rings. The number of hydrogen-bond donors (Lipinski definition) is 0. The lowest BCUT2D eigenvalue weighted by Crippen LogP contribution is -2.44. The van der Waals surface area contributed by atoms with E-state index in [9.17, 15) is 0 Å². The third-order valence-electron chi connectivity index (χ3n) is 3.30. The number of benzene rings is 1. The zero-order valence-corrected chi connectivity index (χ0v) is 10.3. The second-order valence-corrected chi connectivity index (χ2v) is 5.32. The van der Waals surface area contributed by atoms with Crippen molar-refractivity contribution < 1.29 is 0 Å². The number of fused-ring (bicyclic) bond motifs is 1. The minimum atomic E-state index is 1.15. The third-order valence-corrected chi connectivity index (χ3v) is 4.26. The Morgan fingerprint density at radius 1 is 1.06 bits per heavy atom. The fraction of sp³-hybridized carbons (Fsp3) is 0.385. The fourth-order valence-electron chi connectivity index (χ4n) is 2.26. The van der Waals surface area contributed by atoms with E-state index in [0.29, 0.717) is 0 Å². The molecule has 1 aromatic heterocycles. The lowest BCUT2D eigenvalue weighted by molar-refractivity contribution is 0.313. The molecular weight excluding hydrogens is 216 g/mol. The van der Waals surface area contributed by atoms with Crippen LogP contribution in [0.3, 0.4) is 0 Å². The summed E-state index contributed by atoms with van der Waals surface area (Å²) in [5.41, 5.74) is 1.42. The van der Waals surface area contributed by atoms with Crippen LogP contribution in [0.15, 0.2) is 29.6 Å². The average molecular weight is 232 g/mol. The molecule has 0 unspecified atom stereocenters. The number of piperazine rings is 1. The van der Waals surface area contributed by atoms with E-state index in [-0.39, 0.29) is 0 Å². The zero-order valence-electron chi connectivity index (χ0n) is 9.52. The van der Waals surface area contributed by atoms with Crippen LogP contribution in [0.2, 0.25) is 0 Å². The maximum Gasteiger partial charge on any atom is 0.0555 e. The molecule has 0 amide bonds. The molecule has 0 N–H and O–H groups in total. The van der Waals surface area contributed by atoms with Crippen LogP contribution in [0.4, 0.5) is 5.69 Å². The van der Waals surface area contributed by atoms with E-state index in [2.05, 4.69) is 46.5 Å². The van der Waals surface area contributed by atoms with E-state index in [1.54, 1.807) is 0 Å². The van der Waals surface area contributed by atoms with Crippen molar-refractivity contribution in [2.24, 2.45) is 0 Å². The van der Waals surface area contributed by atoms with E-state index >= 15 is 0 Å². The SMILES string of the molecule is CN1CCN(c2csc3ccccc23)CC1. The van der Waals surface area contributed by atoms with Crippen molar-refractivity contribution in [3.63, 3.8) is 0 Å². The van der Waals surface area contributed by atoms with Crippen LogP contribution in [0, 0.1) is 0 Å². The Balaban J connectivity index is 1.94. The number of nitrogens with zero attached hydrogens (tertiary/aromatic N) is 2. The highest BCUT2D eigenvalue weighted by Gasteiger charge is 2.16. The molecule has 0 bridgehead atoms. The Bertz CT molecular complexity index is 483. The summed E-state index contributed by atoms with van der Waals surface area (Å²) in [5, 5.41) is 3.72. The van der Waals surface area contributed by atoms with Crippen molar-refractivity contribution in [1.29, 1.82) is 0 Å². The Morgan fingerprint density at radius 3 is 2.62 bits per heavy atom. The van der Waals surface area contributed by atoms with Gasteiger partial charge in [0.15, 0.2) is 0 Å². The Morgan fingerprint density at radius 2 is 1.81 bits per heavy atom. The lowest BCUT2D eigenvalue weighted by Gasteiger charge is -2.33. The second kappa shape index (κ2) is 4.07. The fourth-order valence-corrected chi connectivity index (χ4v) is 3.23. The molecule has 0 saturated carbocycles. The minimum Gasteiger partial charge on any atom is -0.368 e. The van der Waals surface area contributed by atoms with Crippen LogP contribution < -0.4 is 4.90 Å². The standard InChI is InChI=1S/C13H16N2S/c1-14-6-8-15(9-7-14)12-10-16-13-5-3-2-4-11(12)13/h2-5,10H,6-9H2,1H3. The van der Waals surface area contributed by atoms with E-state index < -0.39 is 0 Å². The van der Waals surface area contributed by atoms with Crippen LogP contribution >= 0.6 is 11.3 Å². The van der Waals surface area contributed by atoms with Crippen molar-refractivity contribution >= 4 is 27.1 Å². The van der Waals surface area contributed by atoms with Crippen molar-refractivity contribution in [2.75, 3.05) is 38.1 Å². The Kier molecular flexibility index (Phi) is 2.58. The van der Waals surface area contributed by atoms with Gasteiger partial charge in [-0.05, 0) is 13.1 Å². The first-order chi connectivity index (χ1) is 7.84. The summed E-state index contributed by atoms with van der Waals surface area (Å²) in [6.07, 6.45) is 0. The lowest BCUT2D eigenvalue weighted by atomic mass is 10.2. The smallest absolute Gasteiger partial charge is 0.0555 e. The topological polar surface area (TPSA) is 6.48 Å². The summed E-state index contributed by atoms with van der Waals surface area (Å²) in [6.45, 7) is 4.64. The number of hydrogen-bond acceptors (Lipinski definition) is 3. The first-order valence-corrected chi connectivity index (χ1v) is 6.62. The van der Waals surface area contributed by atoms with Gasteiger partial charge in [0.05, 0.1) is 5.69 Å². The highest BCUT2D eigenvalue weighted by Crippen LogP contribution is 2.33. The third kappa shape index (κ3) is 1.70. The summed E-state index contributed by atoms with van der Waals surface area (Å²) in [6, 6.07) is 8.69. The van der Waals surface area contributed by atoms with Crippen LogP contribution in [-0.2, 0) is 0 Å². The van der Waals surface area contributed by atoms with E-state index in [1.165, 1.54) is 28.9 Å². The van der Waals surface area contributed by atoms with E-state index in [0.717, 1.165) is 13.1 Å². The molecule has 2 nitrogen and oxygen atoms in total. The number of anilines is 1. The van der Waals surface area contributed by atoms with Crippen molar-refractivity contribution in [3.05, 3.63) is 29.6 Å². The van der Waals surface area contributed by atoms with Crippen molar-refractivity contribution in [2.45, 2.75) is 0 Å². The molecule has 3 heteroatoms. The molecule has 84 valence electrons. The van der Waals surface area contributed by atoms with Gasteiger partial charge in [0.25, 0.3) is 0 Å². The quantitative estimate of drug-likeness (QED) is 0.746. The van der Waals surface area contributed by atoms with Gasteiger partial charge in [-0.25, -0.2) is 0 Å². The van der Waals surface area contributed by atoms with Crippen LogP contribution in [0.1, 0.15) is 0 Å². The van der Waals surface area contributed by atoms with Gasteiger partial charge in [-0.15, -0.1) is 11.3 Å². The monoisotopic (exact) mass is 232 g/mol.